The van der Waals surface area contributed by atoms with Crippen molar-refractivity contribution >= 4 is 17.6 Å². The Hall–Kier alpha value is -2.24. The Morgan fingerprint density at radius 3 is 1.71 bits per heavy atom. The molecule has 0 aliphatic heterocycles. The summed E-state index contributed by atoms with van der Waals surface area (Å²) in [6.07, 6.45) is 0.0866. The van der Waals surface area contributed by atoms with Gasteiger partial charge >= 0.3 is 11.9 Å². The van der Waals surface area contributed by atoms with Gasteiger partial charge in [-0.25, -0.2) is 0 Å². The molecule has 0 heterocycles. The van der Waals surface area contributed by atoms with Crippen LogP contribution in [0.15, 0.2) is 24.3 Å². The van der Waals surface area contributed by atoms with Gasteiger partial charge in [-0.3, -0.25) is 9.59 Å². The molecule has 0 unspecified atom stereocenters. The number of carbonyl (C=O) groups is 2. The Labute approximate surface area is 98.3 Å². The molecule has 0 amide bonds. The zero-order chi connectivity index (χ0) is 13.3. The van der Waals surface area contributed by atoms with Crippen molar-refractivity contribution < 1.29 is 24.9 Å². The van der Waals surface area contributed by atoms with Crippen molar-refractivity contribution in [3.05, 3.63) is 24.3 Å². The summed E-state index contributed by atoms with van der Waals surface area (Å²) in [7, 11) is 0. The molecule has 94 valence electrons. The Balaban J connectivity index is 0.000000302. The molecule has 0 saturated carbocycles. The van der Waals surface area contributed by atoms with Crippen LogP contribution in [0.4, 0.5) is 5.69 Å². The maximum atomic E-state index is 9.79. The second kappa shape index (κ2) is 7.98. The van der Waals surface area contributed by atoms with E-state index in [1.165, 1.54) is 0 Å². The van der Waals surface area contributed by atoms with Crippen molar-refractivity contribution in [1.82, 2.24) is 0 Å². The van der Waals surface area contributed by atoms with E-state index in [1.54, 1.807) is 24.3 Å². The molecule has 0 aromatic heterocycles. The highest BCUT2D eigenvalue weighted by Crippen LogP contribution is 2.09. The van der Waals surface area contributed by atoms with E-state index in [9.17, 15) is 9.59 Å². The second-order valence-corrected chi connectivity index (χ2v) is 3.23. The molecule has 0 aliphatic rings. The van der Waals surface area contributed by atoms with E-state index in [0.29, 0.717) is 5.69 Å². The van der Waals surface area contributed by atoms with Crippen LogP contribution in [0.2, 0.25) is 0 Å². The van der Waals surface area contributed by atoms with E-state index in [0.717, 1.165) is 0 Å². The number of carboxylic acid groups (broad SMARTS) is 2. The lowest BCUT2D eigenvalue weighted by molar-refractivity contribution is -0.138. The molecule has 0 atom stereocenters. The number of hydrogen-bond acceptors (Lipinski definition) is 4. The Kier molecular flexibility index (Phi) is 6.92. The third kappa shape index (κ3) is 10.1. The van der Waals surface area contributed by atoms with Gasteiger partial charge in [0.2, 0.25) is 0 Å². The van der Waals surface area contributed by atoms with Gasteiger partial charge in [0.05, 0.1) is 0 Å². The predicted octanol–water partition coefficient (Wildman–Crippen LogP) is 1.30. The zero-order valence-corrected chi connectivity index (χ0v) is 9.17. The van der Waals surface area contributed by atoms with Crippen LogP contribution >= 0.6 is 0 Å². The van der Waals surface area contributed by atoms with Crippen molar-refractivity contribution in [2.75, 3.05) is 5.73 Å². The second-order valence-electron chi connectivity index (χ2n) is 3.23. The first-order valence-electron chi connectivity index (χ1n) is 4.90. The van der Waals surface area contributed by atoms with E-state index in [1.807, 2.05) is 0 Å². The van der Waals surface area contributed by atoms with E-state index in [2.05, 4.69) is 0 Å². The monoisotopic (exact) mass is 241 g/mol. The van der Waals surface area contributed by atoms with Crippen LogP contribution in [0.1, 0.15) is 19.3 Å². The molecular formula is C11H15NO5. The van der Waals surface area contributed by atoms with Gasteiger partial charge in [-0.2, -0.15) is 0 Å². The van der Waals surface area contributed by atoms with Crippen molar-refractivity contribution in [2.24, 2.45) is 0 Å². The number of phenols is 1. The van der Waals surface area contributed by atoms with Gasteiger partial charge in [0.25, 0.3) is 0 Å². The summed E-state index contributed by atoms with van der Waals surface area (Å²) in [5.41, 5.74) is 5.98. The van der Waals surface area contributed by atoms with Crippen LogP contribution in [-0.2, 0) is 9.59 Å². The Morgan fingerprint density at radius 2 is 1.41 bits per heavy atom. The molecule has 6 nitrogen and oxygen atoms in total. The fourth-order valence-electron chi connectivity index (χ4n) is 0.865. The topological polar surface area (TPSA) is 121 Å². The summed E-state index contributed by atoms with van der Waals surface area (Å²) in [6.45, 7) is 0. The number of aromatic hydroxyl groups is 1. The van der Waals surface area contributed by atoms with E-state index >= 15 is 0 Å². The summed E-state index contributed by atoms with van der Waals surface area (Å²) in [6, 6.07) is 6.40. The first-order chi connectivity index (χ1) is 7.91. The van der Waals surface area contributed by atoms with Gasteiger partial charge in [-0.15, -0.1) is 0 Å². The molecule has 1 aromatic carbocycles. The molecule has 0 fully saturated rings. The van der Waals surface area contributed by atoms with Crippen LogP contribution in [0.25, 0.3) is 0 Å². The van der Waals surface area contributed by atoms with Gasteiger partial charge in [0.15, 0.2) is 0 Å². The van der Waals surface area contributed by atoms with E-state index in [-0.39, 0.29) is 25.0 Å². The third-order valence-electron chi connectivity index (χ3n) is 1.67. The third-order valence-corrected chi connectivity index (χ3v) is 1.67. The maximum Gasteiger partial charge on any atom is 0.303 e. The van der Waals surface area contributed by atoms with Gasteiger partial charge in [-0.1, -0.05) is 0 Å². The number of anilines is 1. The van der Waals surface area contributed by atoms with Crippen LogP contribution in [0, 0.1) is 0 Å². The number of benzene rings is 1. The predicted molar refractivity (Wildman–Crippen MR) is 61.6 cm³/mol. The van der Waals surface area contributed by atoms with E-state index < -0.39 is 11.9 Å². The maximum absolute atomic E-state index is 9.79. The molecule has 0 spiro atoms. The number of hydrogen-bond donors (Lipinski definition) is 4. The first kappa shape index (κ1) is 14.8. The lowest BCUT2D eigenvalue weighted by atomic mass is 10.2. The zero-order valence-electron chi connectivity index (χ0n) is 9.17. The van der Waals surface area contributed by atoms with Crippen LogP contribution < -0.4 is 5.73 Å². The lowest BCUT2D eigenvalue weighted by Crippen LogP contribution is -1.98. The molecule has 17 heavy (non-hydrogen) atoms. The summed E-state index contributed by atoms with van der Waals surface area (Å²) in [4.78, 5) is 19.6. The highest BCUT2D eigenvalue weighted by molar-refractivity contribution is 5.69. The molecule has 1 rings (SSSR count). The summed E-state index contributed by atoms with van der Waals surface area (Å²) in [5, 5.41) is 24.8. The van der Waals surface area contributed by atoms with Gasteiger partial charge in [-0.05, 0) is 30.7 Å². The SMILES string of the molecule is Nc1ccc(O)cc1.O=C(O)CCCC(=O)O. The number of nitrogens with two attached hydrogens (primary N) is 1. The van der Waals surface area contributed by atoms with Crippen molar-refractivity contribution in [3.8, 4) is 5.75 Å². The molecule has 0 saturated heterocycles. The smallest absolute Gasteiger partial charge is 0.303 e. The molecule has 6 heteroatoms. The van der Waals surface area contributed by atoms with Crippen LogP contribution in [0.5, 0.6) is 5.75 Å². The van der Waals surface area contributed by atoms with Gasteiger partial charge in [0, 0.05) is 18.5 Å². The molecular weight excluding hydrogens is 226 g/mol. The minimum absolute atomic E-state index is 0.0632. The minimum Gasteiger partial charge on any atom is -0.508 e. The molecule has 0 radical (unpaired) electrons. The quantitative estimate of drug-likeness (QED) is 0.465. The number of aliphatic carboxylic acids is 2. The standard InChI is InChI=1S/C6H7NO.C5H8O4/c7-5-1-3-6(8)4-2-5;6-4(7)2-1-3-5(8)9/h1-4,8H,7H2;1-3H2,(H,6,7)(H,8,9). The van der Waals surface area contributed by atoms with E-state index in [4.69, 9.17) is 21.1 Å². The van der Waals surface area contributed by atoms with Crippen LogP contribution in [0.3, 0.4) is 0 Å². The average Bonchev–Trinajstić information content (AvgIpc) is 2.22. The highest BCUT2D eigenvalue weighted by atomic mass is 16.4. The van der Waals surface area contributed by atoms with Crippen molar-refractivity contribution in [1.29, 1.82) is 0 Å². The fraction of sp³-hybridized carbons (Fsp3) is 0.273. The normalized spacial score (nSPS) is 8.94. The molecule has 5 N–H and O–H groups in total. The molecule has 0 aliphatic carbocycles. The fourth-order valence-corrected chi connectivity index (χ4v) is 0.865. The minimum atomic E-state index is -0.948. The molecule has 1 aromatic rings. The summed E-state index contributed by atoms with van der Waals surface area (Å²) >= 11 is 0. The van der Waals surface area contributed by atoms with Gasteiger partial charge < -0.3 is 21.1 Å². The van der Waals surface area contributed by atoms with Crippen LogP contribution in [-0.4, -0.2) is 27.3 Å². The molecule has 0 bridgehead atoms. The average molecular weight is 241 g/mol. The number of phenolic OH excluding ortho intramolecular Hbond substituents is 1. The number of carboxylic acids is 2. The summed E-state index contributed by atoms with van der Waals surface area (Å²) in [5.74, 6) is -1.65. The number of nitrogen functional groups attached to an aromatic ring is 1. The largest absolute Gasteiger partial charge is 0.508 e. The highest BCUT2D eigenvalue weighted by Gasteiger charge is 1.99. The van der Waals surface area contributed by atoms with Crippen molar-refractivity contribution in [3.63, 3.8) is 0 Å². The first-order valence-corrected chi connectivity index (χ1v) is 4.90. The lowest BCUT2D eigenvalue weighted by Gasteiger charge is -1.89. The van der Waals surface area contributed by atoms with Crippen molar-refractivity contribution in [2.45, 2.75) is 19.3 Å². The number of rotatable bonds is 4. The Bertz CT molecular complexity index is 326. The van der Waals surface area contributed by atoms with Gasteiger partial charge in [0.1, 0.15) is 5.75 Å². The Morgan fingerprint density at radius 1 is 1.00 bits per heavy atom. The summed E-state index contributed by atoms with van der Waals surface area (Å²) < 4.78 is 0.